The Morgan fingerprint density at radius 1 is 1.08 bits per heavy atom. The molecule has 0 unspecified atom stereocenters. The molecule has 0 N–H and O–H groups in total. The monoisotopic (exact) mass is 369 g/mol. The zero-order valence-electron chi connectivity index (χ0n) is 15.2. The zero-order chi connectivity index (χ0) is 18.1. The molecule has 4 rings (SSSR count). The molecule has 1 aliphatic heterocycles. The summed E-state index contributed by atoms with van der Waals surface area (Å²) in [5.74, 6) is 0. The highest BCUT2D eigenvalue weighted by atomic mass is 32.1. The molecule has 3 heterocycles. The van der Waals surface area contributed by atoms with E-state index in [2.05, 4.69) is 51.1 Å². The highest BCUT2D eigenvalue weighted by Gasteiger charge is 2.19. The fourth-order valence-electron chi connectivity index (χ4n) is 3.31. The number of hydrogen-bond donors (Lipinski definition) is 0. The van der Waals surface area contributed by atoms with E-state index in [0.717, 1.165) is 50.0 Å². The van der Waals surface area contributed by atoms with Gasteiger partial charge in [-0.15, -0.1) is 5.10 Å². The molecule has 1 saturated heterocycles. The molecule has 1 fully saturated rings. The van der Waals surface area contributed by atoms with Crippen molar-refractivity contribution in [2.45, 2.75) is 26.8 Å². The molecule has 0 saturated carbocycles. The van der Waals surface area contributed by atoms with Gasteiger partial charge in [0.25, 0.3) is 5.56 Å². The fourth-order valence-corrected chi connectivity index (χ4v) is 4.31. The molecule has 0 spiro atoms. The lowest BCUT2D eigenvalue weighted by molar-refractivity contribution is 0.285. The first-order valence-electron chi connectivity index (χ1n) is 8.99. The molecule has 0 bridgehead atoms. The second-order valence-electron chi connectivity index (χ2n) is 6.92. The van der Waals surface area contributed by atoms with Gasteiger partial charge in [-0.05, 0) is 25.8 Å². The number of anilines is 1. The van der Waals surface area contributed by atoms with Gasteiger partial charge < -0.3 is 4.90 Å². The van der Waals surface area contributed by atoms with Crippen molar-refractivity contribution in [1.29, 1.82) is 0 Å². The molecule has 1 aliphatic rings. The SMILES string of the molecule is Cc1ccc(CN2CCCN(c3nn4c(=O)cc(C)nc4s3)CC2)cc1. The molecule has 2 aromatic heterocycles. The van der Waals surface area contributed by atoms with Crippen LogP contribution in [0.2, 0.25) is 0 Å². The van der Waals surface area contributed by atoms with Gasteiger partial charge in [-0.25, -0.2) is 4.98 Å². The van der Waals surface area contributed by atoms with Crippen molar-refractivity contribution < 1.29 is 0 Å². The van der Waals surface area contributed by atoms with Gasteiger partial charge in [0.1, 0.15) is 0 Å². The maximum Gasteiger partial charge on any atom is 0.275 e. The normalized spacial score (nSPS) is 16.2. The van der Waals surface area contributed by atoms with Gasteiger partial charge in [-0.2, -0.15) is 4.52 Å². The third-order valence-electron chi connectivity index (χ3n) is 4.75. The van der Waals surface area contributed by atoms with Gasteiger partial charge in [0.2, 0.25) is 10.1 Å². The Morgan fingerprint density at radius 2 is 1.88 bits per heavy atom. The van der Waals surface area contributed by atoms with Crippen molar-refractivity contribution in [2.24, 2.45) is 0 Å². The second-order valence-corrected chi connectivity index (χ2v) is 7.85. The van der Waals surface area contributed by atoms with Crippen LogP contribution in [0.1, 0.15) is 23.2 Å². The van der Waals surface area contributed by atoms with Crippen molar-refractivity contribution in [1.82, 2.24) is 19.5 Å². The average Bonchev–Trinajstić information content (AvgIpc) is 2.90. The van der Waals surface area contributed by atoms with Gasteiger partial charge in [0.05, 0.1) is 0 Å². The second kappa shape index (κ2) is 7.17. The highest BCUT2D eigenvalue weighted by Crippen LogP contribution is 2.23. The van der Waals surface area contributed by atoms with Gasteiger partial charge in [-0.3, -0.25) is 9.69 Å². The van der Waals surface area contributed by atoms with Crippen LogP contribution in [0.4, 0.5) is 5.13 Å². The van der Waals surface area contributed by atoms with Crippen LogP contribution in [0, 0.1) is 13.8 Å². The molecule has 6 nitrogen and oxygen atoms in total. The molecule has 1 aromatic carbocycles. The molecular formula is C19H23N5OS. The molecule has 136 valence electrons. The standard InChI is InChI=1S/C19H23N5OS/c1-14-4-6-16(7-5-14)13-22-8-3-9-23(11-10-22)19-21-24-17(25)12-15(2)20-18(24)26-19/h4-7,12H,3,8-11,13H2,1-2H3. The Kier molecular flexibility index (Phi) is 4.74. The Balaban J connectivity index is 1.47. The number of aromatic nitrogens is 3. The Morgan fingerprint density at radius 3 is 2.69 bits per heavy atom. The Labute approximate surface area is 156 Å². The van der Waals surface area contributed by atoms with E-state index in [1.165, 1.54) is 33.0 Å². The van der Waals surface area contributed by atoms with Gasteiger partial charge in [-0.1, -0.05) is 41.2 Å². The van der Waals surface area contributed by atoms with Gasteiger partial charge in [0, 0.05) is 44.5 Å². The van der Waals surface area contributed by atoms with E-state index in [4.69, 9.17) is 0 Å². The highest BCUT2D eigenvalue weighted by molar-refractivity contribution is 7.20. The lowest BCUT2D eigenvalue weighted by Crippen LogP contribution is -2.30. The minimum Gasteiger partial charge on any atom is -0.345 e. The molecule has 0 atom stereocenters. The maximum atomic E-state index is 12.1. The quantitative estimate of drug-likeness (QED) is 0.710. The Bertz CT molecular complexity index is 962. The predicted octanol–water partition coefficient (Wildman–Crippen LogP) is 2.48. The fraction of sp³-hybridized carbons (Fsp3) is 0.421. The van der Waals surface area contributed by atoms with E-state index in [1.807, 2.05) is 6.92 Å². The zero-order valence-corrected chi connectivity index (χ0v) is 16.0. The molecule has 3 aromatic rings. The largest absolute Gasteiger partial charge is 0.345 e. The van der Waals surface area contributed by atoms with Crippen LogP contribution in [0.15, 0.2) is 35.1 Å². The summed E-state index contributed by atoms with van der Waals surface area (Å²) in [6.45, 7) is 8.88. The number of rotatable bonds is 3. The summed E-state index contributed by atoms with van der Waals surface area (Å²) in [6, 6.07) is 10.3. The van der Waals surface area contributed by atoms with Crippen LogP contribution >= 0.6 is 11.3 Å². The van der Waals surface area contributed by atoms with E-state index in [0.29, 0.717) is 4.96 Å². The first kappa shape index (κ1) is 17.2. The van der Waals surface area contributed by atoms with E-state index in [-0.39, 0.29) is 5.56 Å². The summed E-state index contributed by atoms with van der Waals surface area (Å²) in [5, 5.41) is 5.39. The summed E-state index contributed by atoms with van der Waals surface area (Å²) < 4.78 is 1.42. The smallest absolute Gasteiger partial charge is 0.275 e. The summed E-state index contributed by atoms with van der Waals surface area (Å²) in [7, 11) is 0. The topological polar surface area (TPSA) is 53.7 Å². The predicted molar refractivity (Wildman–Crippen MR) is 105 cm³/mol. The lowest BCUT2D eigenvalue weighted by Gasteiger charge is -2.21. The van der Waals surface area contributed by atoms with Gasteiger partial charge in [0.15, 0.2) is 0 Å². The van der Waals surface area contributed by atoms with Crippen LogP contribution < -0.4 is 10.5 Å². The molecule has 0 radical (unpaired) electrons. The lowest BCUT2D eigenvalue weighted by atomic mass is 10.1. The van der Waals surface area contributed by atoms with Crippen molar-refractivity contribution in [3.05, 3.63) is 57.5 Å². The van der Waals surface area contributed by atoms with Crippen LogP contribution in [-0.2, 0) is 6.54 Å². The van der Waals surface area contributed by atoms with Crippen molar-refractivity contribution in [3.63, 3.8) is 0 Å². The van der Waals surface area contributed by atoms with Crippen molar-refractivity contribution in [3.8, 4) is 0 Å². The van der Waals surface area contributed by atoms with Crippen LogP contribution in [0.5, 0.6) is 0 Å². The van der Waals surface area contributed by atoms with E-state index in [1.54, 1.807) is 0 Å². The number of aryl methyl sites for hydroxylation is 2. The molecule has 26 heavy (non-hydrogen) atoms. The molecule has 0 aliphatic carbocycles. The third-order valence-corrected chi connectivity index (χ3v) is 5.72. The minimum atomic E-state index is -0.106. The van der Waals surface area contributed by atoms with Crippen molar-refractivity contribution >= 4 is 21.4 Å². The summed E-state index contributed by atoms with van der Waals surface area (Å²) >= 11 is 1.50. The average molecular weight is 369 g/mol. The Hall–Kier alpha value is -2.25. The van der Waals surface area contributed by atoms with Gasteiger partial charge >= 0.3 is 0 Å². The van der Waals surface area contributed by atoms with Crippen molar-refractivity contribution in [2.75, 3.05) is 31.1 Å². The molecule has 0 amide bonds. The molecule has 7 heteroatoms. The minimum absolute atomic E-state index is 0.106. The van der Waals surface area contributed by atoms with E-state index >= 15 is 0 Å². The molecular weight excluding hydrogens is 346 g/mol. The summed E-state index contributed by atoms with van der Waals surface area (Å²) in [5.41, 5.74) is 3.29. The summed E-state index contributed by atoms with van der Waals surface area (Å²) in [4.78, 5) is 22.0. The first-order chi connectivity index (χ1) is 12.6. The van der Waals surface area contributed by atoms with Crippen LogP contribution in [0.25, 0.3) is 4.96 Å². The van der Waals surface area contributed by atoms with E-state index in [9.17, 15) is 4.79 Å². The number of fused-ring (bicyclic) bond motifs is 1. The maximum absolute atomic E-state index is 12.1. The summed E-state index contributed by atoms with van der Waals surface area (Å²) in [6.07, 6.45) is 1.09. The van der Waals surface area contributed by atoms with Crippen LogP contribution in [-0.4, -0.2) is 45.7 Å². The number of benzene rings is 1. The van der Waals surface area contributed by atoms with Crippen LogP contribution in [0.3, 0.4) is 0 Å². The number of nitrogens with zero attached hydrogens (tertiary/aromatic N) is 5. The van der Waals surface area contributed by atoms with E-state index < -0.39 is 0 Å². The first-order valence-corrected chi connectivity index (χ1v) is 9.80. The number of hydrogen-bond acceptors (Lipinski definition) is 6. The third kappa shape index (κ3) is 3.64.